The summed E-state index contributed by atoms with van der Waals surface area (Å²) in [5, 5.41) is 3.59. The first kappa shape index (κ1) is 12.2. The van der Waals surface area contributed by atoms with E-state index in [4.69, 9.17) is 0 Å². The van der Waals surface area contributed by atoms with Crippen molar-refractivity contribution in [2.75, 3.05) is 13.1 Å². The normalized spacial score (nSPS) is 35.6. The molecule has 2 aliphatic rings. The molecule has 1 heterocycles. The third-order valence-corrected chi connectivity index (χ3v) is 4.36. The largest absolute Gasteiger partial charge is 0.316 e. The summed E-state index contributed by atoms with van der Waals surface area (Å²) in [7, 11) is 0. The predicted octanol–water partition coefficient (Wildman–Crippen LogP) is 3.61. The third-order valence-electron chi connectivity index (χ3n) is 4.36. The summed E-state index contributed by atoms with van der Waals surface area (Å²) in [5.74, 6) is 3.77. The molecule has 1 heteroatoms. The highest BCUT2D eigenvalue weighted by Gasteiger charge is 2.31. The molecule has 3 unspecified atom stereocenters. The lowest BCUT2D eigenvalue weighted by atomic mass is 9.70. The Bertz CT molecular complexity index is 232. The Morgan fingerprint density at radius 2 is 2.12 bits per heavy atom. The molecule has 0 aromatic carbocycles. The summed E-state index contributed by atoms with van der Waals surface area (Å²) in [6, 6.07) is 0. The van der Waals surface area contributed by atoms with Gasteiger partial charge in [-0.1, -0.05) is 26.0 Å². The van der Waals surface area contributed by atoms with Gasteiger partial charge >= 0.3 is 0 Å². The van der Waals surface area contributed by atoms with Gasteiger partial charge in [-0.2, -0.15) is 0 Å². The van der Waals surface area contributed by atoms with Crippen molar-refractivity contribution in [2.24, 2.45) is 23.7 Å². The lowest BCUT2D eigenvalue weighted by Gasteiger charge is -2.39. The van der Waals surface area contributed by atoms with Crippen molar-refractivity contribution in [1.29, 1.82) is 0 Å². The molecule has 0 spiro atoms. The molecule has 0 aromatic rings. The molecule has 1 fully saturated rings. The molecule has 2 rings (SSSR count). The van der Waals surface area contributed by atoms with Crippen LogP contribution in [0.3, 0.4) is 0 Å². The molecule has 1 aliphatic carbocycles. The fourth-order valence-electron chi connectivity index (χ4n) is 3.63. The highest BCUT2D eigenvalue weighted by Crippen LogP contribution is 2.37. The van der Waals surface area contributed by atoms with Gasteiger partial charge in [0.05, 0.1) is 0 Å². The van der Waals surface area contributed by atoms with Crippen molar-refractivity contribution in [3.8, 4) is 0 Å². The molecule has 1 N–H and O–H groups in total. The summed E-state index contributed by atoms with van der Waals surface area (Å²) in [6.45, 7) is 7.25. The van der Waals surface area contributed by atoms with Crippen LogP contribution in [0.4, 0.5) is 0 Å². The summed E-state index contributed by atoms with van der Waals surface area (Å²) >= 11 is 0. The van der Waals surface area contributed by atoms with Crippen molar-refractivity contribution in [2.45, 2.75) is 46.0 Å². The van der Waals surface area contributed by atoms with Crippen molar-refractivity contribution in [1.82, 2.24) is 5.32 Å². The number of nitrogens with one attached hydrogen (secondary N) is 1. The van der Waals surface area contributed by atoms with Crippen molar-refractivity contribution < 1.29 is 0 Å². The molecule has 0 aromatic heterocycles. The maximum Gasteiger partial charge on any atom is -0.00177 e. The molecule has 0 radical (unpaired) electrons. The van der Waals surface area contributed by atoms with Gasteiger partial charge in [0.2, 0.25) is 0 Å². The maximum atomic E-state index is 3.59. The fourth-order valence-corrected chi connectivity index (χ4v) is 3.63. The monoisotopic (exact) mass is 221 g/mol. The Kier molecular flexibility index (Phi) is 4.45. The topological polar surface area (TPSA) is 12.0 Å². The maximum absolute atomic E-state index is 3.59. The smallest absolute Gasteiger partial charge is 0.00177 e. The minimum atomic E-state index is 0.853. The molecular formula is C15H27N. The van der Waals surface area contributed by atoms with Gasteiger partial charge < -0.3 is 5.32 Å². The molecule has 92 valence electrons. The third kappa shape index (κ3) is 3.10. The fraction of sp³-hybridized carbons (Fsp3) is 0.867. The van der Waals surface area contributed by atoms with E-state index in [1.54, 1.807) is 0 Å². The van der Waals surface area contributed by atoms with Crippen LogP contribution in [0.5, 0.6) is 0 Å². The first-order chi connectivity index (χ1) is 7.77. The van der Waals surface area contributed by atoms with Gasteiger partial charge in [-0.25, -0.2) is 0 Å². The van der Waals surface area contributed by atoms with E-state index in [2.05, 4.69) is 31.3 Å². The summed E-state index contributed by atoms with van der Waals surface area (Å²) < 4.78 is 0. The van der Waals surface area contributed by atoms with E-state index in [0.29, 0.717) is 0 Å². The molecule has 1 saturated heterocycles. The van der Waals surface area contributed by atoms with E-state index in [-0.39, 0.29) is 0 Å². The lowest BCUT2D eigenvalue weighted by molar-refractivity contribution is 0.144. The molecule has 1 aliphatic heterocycles. The zero-order valence-corrected chi connectivity index (χ0v) is 10.9. The second-order valence-corrected chi connectivity index (χ2v) is 6.09. The Hall–Kier alpha value is -0.300. The van der Waals surface area contributed by atoms with Gasteiger partial charge in [0.15, 0.2) is 0 Å². The second kappa shape index (κ2) is 5.86. The van der Waals surface area contributed by atoms with Crippen molar-refractivity contribution in [3.63, 3.8) is 0 Å². The Morgan fingerprint density at radius 1 is 1.25 bits per heavy atom. The van der Waals surface area contributed by atoms with Crippen LogP contribution in [0.2, 0.25) is 0 Å². The van der Waals surface area contributed by atoms with Gasteiger partial charge in [0.25, 0.3) is 0 Å². The van der Waals surface area contributed by atoms with Gasteiger partial charge in [-0.05, 0) is 68.9 Å². The van der Waals surface area contributed by atoms with E-state index in [1.165, 1.54) is 45.2 Å². The van der Waals surface area contributed by atoms with Crippen LogP contribution in [0.15, 0.2) is 12.2 Å². The van der Waals surface area contributed by atoms with Crippen LogP contribution in [0.1, 0.15) is 46.0 Å². The summed E-state index contributed by atoms with van der Waals surface area (Å²) in [4.78, 5) is 0. The number of piperidine rings is 1. The molecule has 3 atom stereocenters. The highest BCUT2D eigenvalue weighted by molar-refractivity contribution is 4.94. The Morgan fingerprint density at radius 3 is 2.81 bits per heavy atom. The SMILES string of the molecule is CC(C)CC1CNCCC1C1CC=CCC1. The standard InChI is InChI=1S/C15H27N/c1-12(2)10-14-11-16-9-8-15(14)13-6-4-3-5-7-13/h3-4,12-16H,5-11H2,1-2H3. The molecular weight excluding hydrogens is 194 g/mol. The number of allylic oxidation sites excluding steroid dienone is 2. The van der Waals surface area contributed by atoms with Gasteiger partial charge in [0, 0.05) is 0 Å². The van der Waals surface area contributed by atoms with Crippen LogP contribution in [-0.4, -0.2) is 13.1 Å². The molecule has 16 heavy (non-hydrogen) atoms. The Balaban J connectivity index is 1.95. The minimum Gasteiger partial charge on any atom is -0.316 e. The van der Waals surface area contributed by atoms with E-state index < -0.39 is 0 Å². The second-order valence-electron chi connectivity index (χ2n) is 6.09. The van der Waals surface area contributed by atoms with Crippen LogP contribution in [-0.2, 0) is 0 Å². The molecule has 1 nitrogen and oxygen atoms in total. The van der Waals surface area contributed by atoms with Crippen LogP contribution < -0.4 is 5.32 Å². The summed E-state index contributed by atoms with van der Waals surface area (Å²) in [5.41, 5.74) is 0. The van der Waals surface area contributed by atoms with Gasteiger partial charge in [-0.15, -0.1) is 0 Å². The van der Waals surface area contributed by atoms with Crippen molar-refractivity contribution >= 4 is 0 Å². The zero-order chi connectivity index (χ0) is 11.4. The van der Waals surface area contributed by atoms with Crippen LogP contribution >= 0.6 is 0 Å². The quantitative estimate of drug-likeness (QED) is 0.718. The van der Waals surface area contributed by atoms with E-state index in [0.717, 1.165) is 23.7 Å². The number of hydrogen-bond acceptors (Lipinski definition) is 1. The van der Waals surface area contributed by atoms with E-state index >= 15 is 0 Å². The van der Waals surface area contributed by atoms with E-state index in [9.17, 15) is 0 Å². The van der Waals surface area contributed by atoms with Gasteiger partial charge in [-0.3, -0.25) is 0 Å². The average molecular weight is 221 g/mol. The number of rotatable bonds is 3. The first-order valence-corrected chi connectivity index (χ1v) is 7.13. The van der Waals surface area contributed by atoms with Crippen molar-refractivity contribution in [3.05, 3.63) is 12.2 Å². The van der Waals surface area contributed by atoms with Gasteiger partial charge in [0.1, 0.15) is 0 Å². The zero-order valence-electron chi connectivity index (χ0n) is 10.9. The highest BCUT2D eigenvalue weighted by atomic mass is 14.9. The number of hydrogen-bond donors (Lipinski definition) is 1. The first-order valence-electron chi connectivity index (χ1n) is 7.13. The molecule has 0 bridgehead atoms. The predicted molar refractivity (Wildman–Crippen MR) is 70.4 cm³/mol. The molecule has 0 amide bonds. The lowest BCUT2D eigenvalue weighted by Crippen LogP contribution is -2.40. The van der Waals surface area contributed by atoms with Crippen LogP contribution in [0, 0.1) is 23.7 Å². The molecule has 0 saturated carbocycles. The van der Waals surface area contributed by atoms with Crippen LogP contribution in [0.25, 0.3) is 0 Å². The average Bonchev–Trinajstić information content (AvgIpc) is 2.30. The Labute approximate surface area is 101 Å². The minimum absolute atomic E-state index is 0.853. The summed E-state index contributed by atoms with van der Waals surface area (Å²) in [6.07, 6.45) is 11.7. The van der Waals surface area contributed by atoms with E-state index in [1.807, 2.05) is 0 Å².